The van der Waals surface area contributed by atoms with Crippen molar-refractivity contribution in [2.45, 2.75) is 31.6 Å². The van der Waals surface area contributed by atoms with Crippen LogP contribution in [0.5, 0.6) is 0 Å². The SMILES string of the molecule is CC(C)(C)S(=O)N[C@@H](CP(c1ccccc1)c1ccccc1)c1ccccc1P(c1ccccc1)c1ccccc1. The maximum absolute atomic E-state index is 13.7. The lowest BCUT2D eigenvalue weighted by atomic mass is 10.1. The van der Waals surface area contributed by atoms with Crippen LogP contribution in [0.3, 0.4) is 0 Å². The van der Waals surface area contributed by atoms with E-state index in [2.05, 4.69) is 150 Å². The van der Waals surface area contributed by atoms with Crippen molar-refractivity contribution in [3.8, 4) is 0 Å². The molecule has 0 aliphatic rings. The third kappa shape index (κ3) is 7.48. The van der Waals surface area contributed by atoms with Crippen molar-refractivity contribution in [1.29, 1.82) is 0 Å². The predicted molar refractivity (Wildman–Crippen MR) is 183 cm³/mol. The molecule has 1 unspecified atom stereocenters. The van der Waals surface area contributed by atoms with Crippen molar-refractivity contribution in [3.05, 3.63) is 151 Å². The van der Waals surface area contributed by atoms with Gasteiger partial charge in [0.1, 0.15) is 0 Å². The number of hydrogen-bond acceptors (Lipinski definition) is 1. The summed E-state index contributed by atoms with van der Waals surface area (Å²) in [5.41, 5.74) is 1.23. The molecular weight excluding hydrogens is 556 g/mol. The number of rotatable bonds is 10. The Kier molecular flexibility index (Phi) is 9.97. The average Bonchev–Trinajstić information content (AvgIpc) is 3.01. The van der Waals surface area contributed by atoms with Crippen LogP contribution < -0.4 is 31.2 Å². The van der Waals surface area contributed by atoms with Crippen LogP contribution in [0.2, 0.25) is 0 Å². The maximum atomic E-state index is 13.7. The molecule has 0 aromatic heterocycles. The van der Waals surface area contributed by atoms with Crippen molar-refractivity contribution >= 4 is 53.4 Å². The van der Waals surface area contributed by atoms with Gasteiger partial charge < -0.3 is 0 Å². The Labute approximate surface area is 250 Å². The zero-order chi connectivity index (χ0) is 28.7. The Hall–Kier alpha value is -2.93. The molecule has 1 N–H and O–H groups in total. The van der Waals surface area contributed by atoms with Crippen molar-refractivity contribution in [1.82, 2.24) is 4.72 Å². The van der Waals surface area contributed by atoms with Gasteiger partial charge in [-0.1, -0.05) is 146 Å². The minimum Gasteiger partial charge on any atom is -0.242 e. The molecule has 0 bridgehead atoms. The standard InChI is InChI=1S/C36H37NOP2S/c1-36(2,3)41(38)37-34(28-39(29-18-8-4-9-19-29)30-20-10-5-11-21-30)33-26-16-17-27-35(33)40(31-22-12-6-13-23-31)32-24-14-7-15-25-32/h4-27,34,37H,28H2,1-3H3/t34-,41?/m0/s1. The summed E-state index contributed by atoms with van der Waals surface area (Å²) in [6.45, 7) is 6.12. The van der Waals surface area contributed by atoms with Gasteiger partial charge in [0.05, 0.1) is 15.7 Å². The van der Waals surface area contributed by atoms with Gasteiger partial charge in [-0.2, -0.15) is 0 Å². The van der Waals surface area contributed by atoms with Crippen LogP contribution in [-0.2, 0) is 11.0 Å². The van der Waals surface area contributed by atoms with Crippen molar-refractivity contribution in [3.63, 3.8) is 0 Å². The molecule has 2 nitrogen and oxygen atoms in total. The van der Waals surface area contributed by atoms with Crippen LogP contribution in [0.4, 0.5) is 0 Å². The Bertz CT molecular complexity index is 1460. The van der Waals surface area contributed by atoms with E-state index in [9.17, 15) is 4.21 Å². The highest BCUT2D eigenvalue weighted by Crippen LogP contribution is 2.41. The molecule has 41 heavy (non-hydrogen) atoms. The molecular formula is C36H37NOP2S. The van der Waals surface area contributed by atoms with Crippen molar-refractivity contribution < 1.29 is 4.21 Å². The minimum absolute atomic E-state index is 0.102. The van der Waals surface area contributed by atoms with Crippen LogP contribution in [0.25, 0.3) is 0 Å². The highest BCUT2D eigenvalue weighted by atomic mass is 32.2. The molecule has 0 fully saturated rings. The normalized spacial score (nSPS) is 13.3. The first-order valence-electron chi connectivity index (χ1n) is 14.0. The van der Waals surface area contributed by atoms with Gasteiger partial charge >= 0.3 is 0 Å². The highest BCUT2D eigenvalue weighted by Gasteiger charge is 2.30. The fourth-order valence-corrected chi connectivity index (χ4v) is 10.7. The van der Waals surface area contributed by atoms with E-state index < -0.39 is 26.8 Å². The lowest BCUT2D eigenvalue weighted by Crippen LogP contribution is -2.39. The second-order valence-corrected chi connectivity index (χ2v) is 17.3. The van der Waals surface area contributed by atoms with Crippen molar-refractivity contribution in [2.75, 3.05) is 6.16 Å². The molecule has 2 atom stereocenters. The lowest BCUT2D eigenvalue weighted by molar-refractivity contribution is 0.618. The Morgan fingerprint density at radius 3 is 1.41 bits per heavy atom. The number of benzene rings is 5. The van der Waals surface area contributed by atoms with E-state index in [4.69, 9.17) is 0 Å². The number of nitrogens with one attached hydrogen (secondary N) is 1. The summed E-state index contributed by atoms with van der Waals surface area (Å²) in [5, 5.41) is 6.58. The van der Waals surface area contributed by atoms with Gasteiger partial charge in [0.25, 0.3) is 0 Å². The van der Waals surface area contributed by atoms with Crippen LogP contribution in [-0.4, -0.2) is 15.1 Å². The first-order valence-corrected chi connectivity index (χ1v) is 18.0. The first-order chi connectivity index (χ1) is 19.9. The largest absolute Gasteiger partial charge is 0.242 e. The third-order valence-corrected chi connectivity index (χ3v) is 13.6. The van der Waals surface area contributed by atoms with E-state index in [1.54, 1.807) is 0 Å². The van der Waals surface area contributed by atoms with Gasteiger partial charge in [-0.25, -0.2) is 8.93 Å². The summed E-state index contributed by atoms with van der Waals surface area (Å²) in [7, 11) is -2.77. The van der Waals surface area contributed by atoms with Crippen molar-refractivity contribution in [2.24, 2.45) is 0 Å². The second-order valence-electron chi connectivity index (χ2n) is 10.9. The van der Waals surface area contributed by atoms with Gasteiger partial charge in [0.15, 0.2) is 0 Å². The van der Waals surface area contributed by atoms with E-state index in [1.807, 2.05) is 20.8 Å². The summed E-state index contributed by atoms with van der Waals surface area (Å²) in [6.07, 6.45) is 0.842. The summed E-state index contributed by atoms with van der Waals surface area (Å²) < 4.78 is 17.0. The summed E-state index contributed by atoms with van der Waals surface area (Å²) in [5.74, 6) is 0. The molecule has 0 saturated carbocycles. The highest BCUT2D eigenvalue weighted by molar-refractivity contribution is 7.84. The average molecular weight is 594 g/mol. The molecule has 0 aliphatic heterocycles. The van der Waals surface area contributed by atoms with E-state index >= 15 is 0 Å². The summed E-state index contributed by atoms with van der Waals surface area (Å²) in [6, 6.07) is 52.0. The molecule has 5 heteroatoms. The summed E-state index contributed by atoms with van der Waals surface area (Å²) in [4.78, 5) is 0. The molecule has 0 spiro atoms. The molecule has 0 amide bonds. The van der Waals surface area contributed by atoms with E-state index in [0.717, 1.165) is 6.16 Å². The molecule has 0 saturated heterocycles. The Morgan fingerprint density at radius 1 is 0.585 bits per heavy atom. The molecule has 0 heterocycles. The monoisotopic (exact) mass is 593 g/mol. The van der Waals surface area contributed by atoms with E-state index in [0.29, 0.717) is 0 Å². The van der Waals surface area contributed by atoms with Crippen LogP contribution in [0, 0.1) is 0 Å². The Morgan fingerprint density at radius 2 is 0.976 bits per heavy atom. The maximum Gasteiger partial charge on any atom is 0.0976 e. The second kappa shape index (κ2) is 13.8. The third-order valence-electron chi connectivity index (χ3n) is 6.89. The quantitative estimate of drug-likeness (QED) is 0.180. The molecule has 0 aliphatic carbocycles. The minimum atomic E-state index is -1.24. The zero-order valence-corrected chi connectivity index (χ0v) is 26.5. The fraction of sp³-hybridized carbons (Fsp3) is 0.167. The van der Waals surface area contributed by atoms with Gasteiger partial charge in [0.2, 0.25) is 0 Å². The van der Waals surface area contributed by atoms with Crippen LogP contribution >= 0.6 is 15.8 Å². The molecule has 5 rings (SSSR count). The van der Waals surface area contributed by atoms with E-state index in [1.165, 1.54) is 32.1 Å². The molecule has 5 aromatic rings. The first kappa shape index (κ1) is 29.6. The van der Waals surface area contributed by atoms with Crippen LogP contribution in [0.15, 0.2) is 146 Å². The van der Waals surface area contributed by atoms with Crippen LogP contribution in [0.1, 0.15) is 32.4 Å². The molecule has 208 valence electrons. The Balaban J connectivity index is 1.66. The topological polar surface area (TPSA) is 29.1 Å². The predicted octanol–water partition coefficient (Wildman–Crippen LogP) is 6.67. The number of hydrogen-bond donors (Lipinski definition) is 1. The van der Waals surface area contributed by atoms with Gasteiger partial charge in [-0.15, -0.1) is 0 Å². The smallest absolute Gasteiger partial charge is 0.0976 e. The van der Waals surface area contributed by atoms with Gasteiger partial charge in [-0.05, 0) is 74.9 Å². The van der Waals surface area contributed by atoms with Gasteiger partial charge in [-0.3, -0.25) is 0 Å². The van der Waals surface area contributed by atoms with Gasteiger partial charge in [0, 0.05) is 6.04 Å². The fourth-order valence-electron chi connectivity index (χ4n) is 4.83. The molecule has 5 aromatic carbocycles. The lowest BCUT2D eigenvalue weighted by Gasteiger charge is -2.31. The van der Waals surface area contributed by atoms with E-state index in [-0.39, 0.29) is 10.8 Å². The zero-order valence-electron chi connectivity index (χ0n) is 23.9. The molecule has 0 radical (unpaired) electrons. The summed E-state index contributed by atoms with van der Waals surface area (Å²) >= 11 is 0.